The van der Waals surface area contributed by atoms with Crippen LogP contribution in [0.3, 0.4) is 0 Å². The minimum atomic E-state index is -1.18. The summed E-state index contributed by atoms with van der Waals surface area (Å²) < 4.78 is 10.8. The zero-order valence-corrected chi connectivity index (χ0v) is 18.7. The first-order valence-corrected chi connectivity index (χ1v) is 10.8. The van der Waals surface area contributed by atoms with Gasteiger partial charge in [0.2, 0.25) is 5.91 Å². The second-order valence-electron chi connectivity index (χ2n) is 7.89. The Morgan fingerprint density at radius 1 is 1.16 bits per heavy atom. The summed E-state index contributed by atoms with van der Waals surface area (Å²) in [6, 6.07) is 3.66. The first-order chi connectivity index (χ1) is 14.8. The molecule has 2 heterocycles. The number of aryl methyl sites for hydroxylation is 1. The molecule has 1 aromatic heterocycles. The van der Waals surface area contributed by atoms with Crippen molar-refractivity contribution in [2.45, 2.75) is 51.4 Å². The standard InChI is InChI=1S/C22H35N3O6/c1-16-8-6-9-23-20(16)22(29)24-10-4-5-13-31-15-18(27)21(28)19(30-3)14-25(17(2)26)12-7-11-24/h6,8-9,18-19,21,27-28H,4-5,7,10-15H2,1-3H3/t18-,19-,21-/m0/s1. The highest BCUT2D eigenvalue weighted by molar-refractivity contribution is 5.93. The van der Waals surface area contributed by atoms with Crippen LogP contribution in [0.25, 0.3) is 0 Å². The first kappa shape index (κ1) is 25.2. The summed E-state index contributed by atoms with van der Waals surface area (Å²) in [7, 11) is 1.43. The summed E-state index contributed by atoms with van der Waals surface area (Å²) in [5.41, 5.74) is 1.26. The lowest BCUT2D eigenvalue weighted by molar-refractivity contribution is -0.136. The monoisotopic (exact) mass is 437 g/mol. The highest BCUT2D eigenvalue weighted by Crippen LogP contribution is 2.12. The number of pyridine rings is 1. The van der Waals surface area contributed by atoms with Crippen molar-refractivity contribution in [1.82, 2.24) is 14.8 Å². The van der Waals surface area contributed by atoms with E-state index in [1.54, 1.807) is 22.1 Å². The highest BCUT2D eigenvalue weighted by atomic mass is 16.5. The smallest absolute Gasteiger partial charge is 0.272 e. The van der Waals surface area contributed by atoms with E-state index in [2.05, 4.69) is 4.98 Å². The largest absolute Gasteiger partial charge is 0.388 e. The third-order valence-electron chi connectivity index (χ3n) is 5.53. The van der Waals surface area contributed by atoms with Crippen molar-refractivity contribution in [3.05, 3.63) is 29.6 Å². The number of carbonyl (C=O) groups excluding carboxylic acids is 2. The molecule has 1 aromatic rings. The molecule has 3 atom stereocenters. The molecule has 9 nitrogen and oxygen atoms in total. The van der Waals surface area contributed by atoms with E-state index in [0.29, 0.717) is 44.8 Å². The van der Waals surface area contributed by atoms with Crippen LogP contribution in [0.2, 0.25) is 0 Å². The summed E-state index contributed by atoms with van der Waals surface area (Å²) >= 11 is 0. The van der Waals surface area contributed by atoms with E-state index in [4.69, 9.17) is 9.47 Å². The van der Waals surface area contributed by atoms with Gasteiger partial charge >= 0.3 is 0 Å². The van der Waals surface area contributed by atoms with Crippen LogP contribution < -0.4 is 0 Å². The van der Waals surface area contributed by atoms with Crippen LogP contribution in [0, 0.1) is 6.92 Å². The SMILES string of the molecule is CO[C@H]1CN(C(C)=O)CCCN(C(=O)c2ncccc2C)CCCCOC[C@H](O)[C@@H]1O. The number of aromatic nitrogens is 1. The van der Waals surface area contributed by atoms with Gasteiger partial charge in [-0.1, -0.05) is 6.07 Å². The van der Waals surface area contributed by atoms with Gasteiger partial charge in [-0.15, -0.1) is 0 Å². The minimum absolute atomic E-state index is 0.0309. The predicted octanol–water partition coefficient (Wildman–Crippen LogP) is 0.618. The summed E-state index contributed by atoms with van der Waals surface area (Å²) in [5.74, 6) is -0.291. The van der Waals surface area contributed by atoms with Gasteiger partial charge in [-0.25, -0.2) is 0 Å². The Bertz CT molecular complexity index is 716. The third kappa shape index (κ3) is 7.53. The molecule has 0 aliphatic carbocycles. The molecule has 0 radical (unpaired) electrons. The lowest BCUT2D eigenvalue weighted by atomic mass is 10.1. The van der Waals surface area contributed by atoms with E-state index in [0.717, 1.165) is 12.0 Å². The zero-order valence-electron chi connectivity index (χ0n) is 18.7. The molecule has 0 bridgehead atoms. The van der Waals surface area contributed by atoms with E-state index >= 15 is 0 Å². The van der Waals surface area contributed by atoms with Gasteiger partial charge in [0, 0.05) is 53.0 Å². The van der Waals surface area contributed by atoms with Crippen molar-refractivity contribution in [3.8, 4) is 0 Å². The molecule has 0 unspecified atom stereocenters. The maximum absolute atomic E-state index is 13.1. The Morgan fingerprint density at radius 3 is 2.55 bits per heavy atom. The maximum Gasteiger partial charge on any atom is 0.272 e. The summed E-state index contributed by atoms with van der Waals surface area (Å²) in [6.07, 6.45) is 0.579. The molecule has 2 N–H and O–H groups in total. The molecule has 1 aliphatic rings. The Kier molecular flexibility index (Phi) is 10.3. The number of hydrogen-bond donors (Lipinski definition) is 2. The van der Waals surface area contributed by atoms with Crippen LogP contribution in [0.1, 0.15) is 42.2 Å². The second kappa shape index (κ2) is 12.7. The van der Waals surface area contributed by atoms with Crippen LogP contribution >= 0.6 is 0 Å². The first-order valence-electron chi connectivity index (χ1n) is 10.8. The van der Waals surface area contributed by atoms with Crippen molar-refractivity contribution in [1.29, 1.82) is 0 Å². The van der Waals surface area contributed by atoms with Crippen molar-refractivity contribution < 1.29 is 29.3 Å². The quantitative estimate of drug-likeness (QED) is 0.697. The number of ether oxygens (including phenoxy) is 2. The fraction of sp³-hybridized carbons (Fsp3) is 0.682. The molecule has 0 saturated carbocycles. The Morgan fingerprint density at radius 2 is 1.87 bits per heavy atom. The van der Waals surface area contributed by atoms with Crippen LogP contribution in [0.4, 0.5) is 0 Å². The molecule has 174 valence electrons. The van der Waals surface area contributed by atoms with Gasteiger partial charge in [0.15, 0.2) is 0 Å². The van der Waals surface area contributed by atoms with Gasteiger partial charge in [0.05, 0.1) is 6.61 Å². The van der Waals surface area contributed by atoms with E-state index in [-0.39, 0.29) is 25.0 Å². The number of nitrogens with zero attached hydrogens (tertiary/aromatic N) is 3. The summed E-state index contributed by atoms with van der Waals surface area (Å²) in [6.45, 7) is 5.25. The van der Waals surface area contributed by atoms with E-state index in [1.165, 1.54) is 14.0 Å². The van der Waals surface area contributed by atoms with E-state index < -0.39 is 18.3 Å². The average molecular weight is 438 g/mol. The Labute approximate surface area is 184 Å². The van der Waals surface area contributed by atoms with Crippen molar-refractivity contribution in [2.24, 2.45) is 0 Å². The summed E-state index contributed by atoms with van der Waals surface area (Å²) in [4.78, 5) is 32.8. The fourth-order valence-corrected chi connectivity index (χ4v) is 3.60. The number of methoxy groups -OCH3 is 1. The van der Waals surface area contributed by atoms with Crippen LogP contribution in [0.5, 0.6) is 0 Å². The predicted molar refractivity (Wildman–Crippen MR) is 115 cm³/mol. The molecule has 0 spiro atoms. The maximum atomic E-state index is 13.1. The molecule has 0 aromatic carbocycles. The fourth-order valence-electron chi connectivity index (χ4n) is 3.60. The number of carbonyl (C=O) groups is 2. The average Bonchev–Trinajstić information content (AvgIpc) is 2.75. The Hall–Kier alpha value is -2.07. The normalized spacial score (nSPS) is 24.9. The number of rotatable bonds is 2. The molecule has 1 saturated heterocycles. The highest BCUT2D eigenvalue weighted by Gasteiger charge is 2.29. The number of amides is 2. The van der Waals surface area contributed by atoms with E-state index in [1.807, 2.05) is 13.0 Å². The third-order valence-corrected chi connectivity index (χ3v) is 5.53. The van der Waals surface area contributed by atoms with Gasteiger partial charge < -0.3 is 29.5 Å². The molecule has 9 heteroatoms. The van der Waals surface area contributed by atoms with Crippen LogP contribution in [-0.4, -0.2) is 102 Å². The van der Waals surface area contributed by atoms with Crippen molar-refractivity contribution in [3.63, 3.8) is 0 Å². The minimum Gasteiger partial charge on any atom is -0.388 e. The topological polar surface area (TPSA) is 112 Å². The molecule has 2 rings (SSSR count). The van der Waals surface area contributed by atoms with Crippen LogP contribution in [-0.2, 0) is 14.3 Å². The Balaban J connectivity index is 2.15. The zero-order chi connectivity index (χ0) is 22.8. The van der Waals surface area contributed by atoms with E-state index in [9.17, 15) is 19.8 Å². The number of aliphatic hydroxyl groups is 2. The number of aliphatic hydroxyl groups excluding tert-OH is 2. The van der Waals surface area contributed by atoms with Gasteiger partial charge in [-0.3, -0.25) is 14.6 Å². The second-order valence-corrected chi connectivity index (χ2v) is 7.89. The lowest BCUT2D eigenvalue weighted by Gasteiger charge is -2.31. The molecular formula is C22H35N3O6. The molecule has 31 heavy (non-hydrogen) atoms. The summed E-state index contributed by atoms with van der Waals surface area (Å²) in [5, 5.41) is 20.6. The lowest BCUT2D eigenvalue weighted by Crippen LogP contribution is -2.48. The molecule has 1 fully saturated rings. The van der Waals surface area contributed by atoms with Gasteiger partial charge in [0.1, 0.15) is 24.0 Å². The molecule has 1 aliphatic heterocycles. The van der Waals surface area contributed by atoms with Crippen LogP contribution in [0.15, 0.2) is 18.3 Å². The van der Waals surface area contributed by atoms with Gasteiger partial charge in [-0.2, -0.15) is 0 Å². The van der Waals surface area contributed by atoms with Crippen molar-refractivity contribution in [2.75, 3.05) is 46.5 Å². The van der Waals surface area contributed by atoms with Gasteiger partial charge in [-0.05, 0) is 37.8 Å². The molecule has 2 amide bonds. The van der Waals surface area contributed by atoms with Gasteiger partial charge in [0.25, 0.3) is 5.91 Å². The number of hydrogen-bond acceptors (Lipinski definition) is 7. The van der Waals surface area contributed by atoms with Crippen molar-refractivity contribution >= 4 is 11.8 Å². The molecular weight excluding hydrogens is 402 g/mol.